The molecule has 0 unspecified atom stereocenters. The van der Waals surface area contributed by atoms with Gasteiger partial charge in [-0.3, -0.25) is 9.98 Å². The molecule has 3 nitrogen and oxygen atoms in total. The zero-order valence-corrected chi connectivity index (χ0v) is 21.5. The number of aromatic nitrogens is 1. The van der Waals surface area contributed by atoms with Crippen LogP contribution in [0.4, 0.5) is 0 Å². The van der Waals surface area contributed by atoms with Crippen molar-refractivity contribution in [2.24, 2.45) is 4.99 Å². The molecule has 0 bridgehead atoms. The molecule has 0 radical (unpaired) electrons. The van der Waals surface area contributed by atoms with Gasteiger partial charge in [0.05, 0.1) is 12.1 Å². The predicted molar refractivity (Wildman–Crippen MR) is 143 cm³/mol. The highest BCUT2D eigenvalue weighted by Gasteiger charge is 2.39. The van der Waals surface area contributed by atoms with Crippen LogP contribution in [0.3, 0.4) is 0 Å². The predicted octanol–water partition coefficient (Wildman–Crippen LogP) is 7.74. The lowest BCUT2D eigenvalue weighted by molar-refractivity contribution is 0.170. The third-order valence-electron chi connectivity index (χ3n) is 6.28. The normalized spacial score (nSPS) is 14.6. The number of aliphatic imine (C=N–C) groups is 1. The SMILES string of the molecule is CC(C)(C)[Si](C)(C)O[C@@H](C[C@@H](/C=C/c1ccccc1)N=Cc1cccnc1)c1ccccc1. The first-order valence-corrected chi connectivity index (χ1v) is 14.5. The summed E-state index contributed by atoms with van der Waals surface area (Å²) in [5, 5.41) is 0.133. The fraction of sp³-hybridized carbons (Fsp3) is 0.310. The fourth-order valence-electron chi connectivity index (χ4n) is 3.28. The summed E-state index contributed by atoms with van der Waals surface area (Å²) in [5.74, 6) is 0. The van der Waals surface area contributed by atoms with Crippen LogP contribution in [0.1, 0.15) is 50.0 Å². The highest BCUT2D eigenvalue weighted by molar-refractivity contribution is 6.74. The molecule has 0 saturated heterocycles. The minimum atomic E-state index is -1.98. The zero-order chi connectivity index (χ0) is 23.7. The molecular weight excluding hydrogens is 420 g/mol. The Morgan fingerprint density at radius 1 is 0.909 bits per heavy atom. The van der Waals surface area contributed by atoms with Crippen molar-refractivity contribution in [1.82, 2.24) is 4.98 Å². The van der Waals surface area contributed by atoms with Crippen LogP contribution in [0.25, 0.3) is 6.08 Å². The topological polar surface area (TPSA) is 34.5 Å². The van der Waals surface area contributed by atoms with Gasteiger partial charge in [0.25, 0.3) is 0 Å². The first-order chi connectivity index (χ1) is 15.7. The van der Waals surface area contributed by atoms with Crippen molar-refractivity contribution in [3.8, 4) is 0 Å². The molecule has 0 saturated carbocycles. The van der Waals surface area contributed by atoms with Crippen molar-refractivity contribution >= 4 is 20.6 Å². The molecule has 0 spiro atoms. The molecule has 172 valence electrons. The van der Waals surface area contributed by atoms with Crippen LogP contribution in [0.15, 0.2) is 96.3 Å². The van der Waals surface area contributed by atoms with Crippen molar-refractivity contribution < 1.29 is 4.43 Å². The van der Waals surface area contributed by atoms with Crippen LogP contribution in [0.5, 0.6) is 0 Å². The number of hydrogen-bond acceptors (Lipinski definition) is 3. The molecule has 0 fully saturated rings. The second kappa shape index (κ2) is 11.3. The molecule has 4 heteroatoms. The summed E-state index contributed by atoms with van der Waals surface area (Å²) < 4.78 is 6.94. The number of hydrogen-bond donors (Lipinski definition) is 0. The lowest BCUT2D eigenvalue weighted by atomic mass is 10.0. The molecular formula is C29H36N2OSi. The summed E-state index contributed by atoms with van der Waals surface area (Å²) in [6, 6.07) is 24.9. The van der Waals surface area contributed by atoms with Crippen molar-refractivity contribution in [3.63, 3.8) is 0 Å². The minimum absolute atomic E-state index is 0.0245. The van der Waals surface area contributed by atoms with Gasteiger partial charge in [0.2, 0.25) is 0 Å². The van der Waals surface area contributed by atoms with Crippen LogP contribution in [-0.4, -0.2) is 25.6 Å². The Balaban J connectivity index is 1.91. The largest absolute Gasteiger partial charge is 0.410 e. The van der Waals surface area contributed by atoms with Gasteiger partial charge >= 0.3 is 0 Å². The van der Waals surface area contributed by atoms with E-state index < -0.39 is 8.32 Å². The van der Waals surface area contributed by atoms with Crippen LogP contribution < -0.4 is 0 Å². The first kappa shape index (κ1) is 24.8. The van der Waals surface area contributed by atoms with Gasteiger partial charge in [0.1, 0.15) is 0 Å². The quantitative estimate of drug-likeness (QED) is 0.244. The Morgan fingerprint density at radius 3 is 2.15 bits per heavy atom. The molecule has 2 aromatic carbocycles. The lowest BCUT2D eigenvalue weighted by Crippen LogP contribution is -2.42. The maximum Gasteiger partial charge on any atom is 0.192 e. The van der Waals surface area contributed by atoms with Gasteiger partial charge in [-0.1, -0.05) is 99.7 Å². The van der Waals surface area contributed by atoms with E-state index in [2.05, 4.69) is 106 Å². The fourth-order valence-corrected chi connectivity index (χ4v) is 4.58. The van der Waals surface area contributed by atoms with Crippen molar-refractivity contribution in [2.45, 2.75) is 57.5 Å². The van der Waals surface area contributed by atoms with E-state index in [9.17, 15) is 0 Å². The van der Waals surface area contributed by atoms with Crippen LogP contribution in [0, 0.1) is 0 Å². The van der Waals surface area contributed by atoms with Gasteiger partial charge in [0, 0.05) is 30.6 Å². The van der Waals surface area contributed by atoms with Crippen LogP contribution in [-0.2, 0) is 4.43 Å². The average Bonchev–Trinajstić information content (AvgIpc) is 2.81. The van der Waals surface area contributed by atoms with Crippen molar-refractivity contribution in [1.29, 1.82) is 0 Å². The number of benzene rings is 2. The second-order valence-electron chi connectivity index (χ2n) is 9.91. The van der Waals surface area contributed by atoms with E-state index in [1.165, 1.54) is 11.1 Å². The second-order valence-corrected chi connectivity index (χ2v) is 14.7. The Morgan fingerprint density at radius 2 is 1.55 bits per heavy atom. The molecule has 0 N–H and O–H groups in total. The summed E-state index contributed by atoms with van der Waals surface area (Å²) in [7, 11) is -1.98. The molecule has 33 heavy (non-hydrogen) atoms. The maximum absolute atomic E-state index is 6.94. The molecule has 0 amide bonds. The smallest absolute Gasteiger partial charge is 0.192 e. The van der Waals surface area contributed by atoms with E-state index in [1.807, 2.05) is 30.6 Å². The Kier molecular flexibility index (Phi) is 8.53. The van der Waals surface area contributed by atoms with Crippen molar-refractivity contribution in [3.05, 3.63) is 108 Å². The highest BCUT2D eigenvalue weighted by atomic mass is 28.4. The molecule has 0 aliphatic carbocycles. The molecule has 1 aromatic heterocycles. The Bertz CT molecular complexity index is 976. The van der Waals surface area contributed by atoms with E-state index in [4.69, 9.17) is 9.42 Å². The van der Waals surface area contributed by atoms with Gasteiger partial charge in [-0.15, -0.1) is 0 Å². The third-order valence-corrected chi connectivity index (χ3v) is 10.8. The van der Waals surface area contributed by atoms with E-state index in [0.717, 1.165) is 12.0 Å². The summed E-state index contributed by atoms with van der Waals surface area (Å²) in [6.07, 6.45) is 10.6. The Hall–Kier alpha value is -2.82. The lowest BCUT2D eigenvalue weighted by Gasteiger charge is -2.40. The molecule has 3 aromatic rings. The average molecular weight is 457 g/mol. The van der Waals surface area contributed by atoms with Gasteiger partial charge in [0.15, 0.2) is 8.32 Å². The summed E-state index contributed by atoms with van der Waals surface area (Å²) in [6.45, 7) is 11.5. The number of nitrogens with zero attached hydrogens (tertiary/aromatic N) is 2. The molecule has 0 aliphatic heterocycles. The van der Waals surface area contributed by atoms with Gasteiger partial charge in [-0.05, 0) is 35.3 Å². The standard InChI is InChI=1S/C29H36N2OSi/c1-29(2,3)33(4,5)32-28(26-16-10-7-11-17-26)21-27(19-18-24-13-8-6-9-14-24)31-23-25-15-12-20-30-22-25/h6-20,22-23,27-28H,21H2,1-5H3/b19-18+,31-23?/t27-,28+/m1/s1. The third kappa shape index (κ3) is 7.62. The van der Waals surface area contributed by atoms with Crippen LogP contribution >= 0.6 is 0 Å². The monoisotopic (exact) mass is 456 g/mol. The van der Waals surface area contributed by atoms with Crippen molar-refractivity contribution in [2.75, 3.05) is 0 Å². The maximum atomic E-state index is 6.94. The van der Waals surface area contributed by atoms with E-state index >= 15 is 0 Å². The summed E-state index contributed by atoms with van der Waals surface area (Å²) in [5.41, 5.74) is 3.37. The first-order valence-electron chi connectivity index (χ1n) is 11.6. The zero-order valence-electron chi connectivity index (χ0n) is 20.5. The summed E-state index contributed by atoms with van der Waals surface area (Å²) >= 11 is 0. The summed E-state index contributed by atoms with van der Waals surface area (Å²) in [4.78, 5) is 9.16. The van der Waals surface area contributed by atoms with E-state index in [0.29, 0.717) is 0 Å². The highest BCUT2D eigenvalue weighted by Crippen LogP contribution is 2.41. The van der Waals surface area contributed by atoms with Gasteiger partial charge in [-0.25, -0.2) is 0 Å². The molecule has 1 heterocycles. The molecule has 3 rings (SSSR count). The number of rotatable bonds is 9. The van der Waals surface area contributed by atoms with Gasteiger partial charge in [-0.2, -0.15) is 0 Å². The molecule has 2 atom stereocenters. The van der Waals surface area contributed by atoms with E-state index in [1.54, 1.807) is 6.20 Å². The number of pyridine rings is 1. The van der Waals surface area contributed by atoms with E-state index in [-0.39, 0.29) is 17.2 Å². The molecule has 0 aliphatic rings. The van der Waals surface area contributed by atoms with Crippen LogP contribution in [0.2, 0.25) is 18.1 Å². The Labute approximate surface area is 200 Å². The minimum Gasteiger partial charge on any atom is -0.410 e. The van der Waals surface area contributed by atoms with Gasteiger partial charge < -0.3 is 4.43 Å².